The Balaban J connectivity index is 1.74. The first-order valence-corrected chi connectivity index (χ1v) is 9.49. The highest BCUT2D eigenvalue weighted by Crippen LogP contribution is 2.31. The molecule has 0 saturated carbocycles. The van der Waals surface area contributed by atoms with Crippen LogP contribution in [0.3, 0.4) is 0 Å². The lowest BCUT2D eigenvalue weighted by Crippen LogP contribution is -2.55. The van der Waals surface area contributed by atoms with E-state index in [2.05, 4.69) is 13.8 Å². The second-order valence-corrected chi connectivity index (χ2v) is 9.40. The summed E-state index contributed by atoms with van der Waals surface area (Å²) in [4.78, 5) is 0. The highest BCUT2D eigenvalue weighted by molar-refractivity contribution is 6.60. The number of epoxide rings is 1. The van der Waals surface area contributed by atoms with Gasteiger partial charge in [0.25, 0.3) is 0 Å². The zero-order chi connectivity index (χ0) is 14.6. The van der Waals surface area contributed by atoms with Crippen molar-refractivity contribution in [2.45, 2.75) is 52.4 Å². The molecule has 5 nitrogen and oxygen atoms in total. The summed E-state index contributed by atoms with van der Waals surface area (Å²) in [5.74, 6) is 0. The van der Waals surface area contributed by atoms with Crippen LogP contribution in [0.2, 0.25) is 6.04 Å². The Morgan fingerprint density at radius 3 is 2.45 bits per heavy atom. The minimum Gasteiger partial charge on any atom is -0.379 e. The van der Waals surface area contributed by atoms with Crippen LogP contribution in [0, 0.1) is 5.41 Å². The predicted octanol–water partition coefficient (Wildman–Crippen LogP) is 2.23. The molecule has 0 aromatic heterocycles. The normalized spacial score (nSPS) is 27.8. The Labute approximate surface area is 123 Å². The Hall–Kier alpha value is 0.0169. The molecule has 0 radical (unpaired) electrons. The second kappa shape index (κ2) is 6.85. The molecule has 2 saturated heterocycles. The van der Waals surface area contributed by atoms with Crippen molar-refractivity contribution in [2.75, 3.05) is 33.0 Å². The lowest BCUT2D eigenvalue weighted by atomic mass is 9.97. The quantitative estimate of drug-likeness (QED) is 0.391. The third-order valence-electron chi connectivity index (χ3n) is 3.26. The Morgan fingerprint density at radius 1 is 1.25 bits per heavy atom. The minimum absolute atomic E-state index is 0.0800. The van der Waals surface area contributed by atoms with Crippen LogP contribution >= 0.6 is 0 Å². The SMILES string of the molecule is CC(C)O[Si]1(CCCOCC2CO2)OCC(C)(C)CO1. The summed E-state index contributed by atoms with van der Waals surface area (Å²) < 4.78 is 28.8. The Kier molecular flexibility index (Phi) is 5.61. The molecule has 6 heteroatoms. The average Bonchev–Trinajstić information content (AvgIpc) is 3.16. The summed E-state index contributed by atoms with van der Waals surface area (Å²) in [6.45, 7) is 12.0. The molecule has 2 rings (SSSR count). The van der Waals surface area contributed by atoms with E-state index in [0.717, 1.165) is 19.1 Å². The average molecular weight is 304 g/mol. The van der Waals surface area contributed by atoms with Crippen LogP contribution in [0.5, 0.6) is 0 Å². The molecule has 2 fully saturated rings. The second-order valence-electron chi connectivity index (χ2n) is 6.72. The highest BCUT2D eigenvalue weighted by atomic mass is 28.4. The maximum absolute atomic E-state index is 6.05. The lowest BCUT2D eigenvalue weighted by molar-refractivity contribution is -0.0530. The van der Waals surface area contributed by atoms with Gasteiger partial charge in [-0.05, 0) is 20.3 Å². The topological polar surface area (TPSA) is 49.5 Å². The van der Waals surface area contributed by atoms with E-state index in [4.69, 9.17) is 22.8 Å². The van der Waals surface area contributed by atoms with Gasteiger partial charge < -0.3 is 22.8 Å². The first kappa shape index (κ1) is 16.4. The van der Waals surface area contributed by atoms with Crippen molar-refractivity contribution in [1.82, 2.24) is 0 Å². The van der Waals surface area contributed by atoms with E-state index < -0.39 is 8.80 Å². The fourth-order valence-electron chi connectivity index (χ4n) is 2.09. The largest absolute Gasteiger partial charge is 0.501 e. The third kappa shape index (κ3) is 5.42. The fraction of sp³-hybridized carbons (Fsp3) is 1.00. The van der Waals surface area contributed by atoms with Gasteiger partial charge in [-0.3, -0.25) is 0 Å². The van der Waals surface area contributed by atoms with Crippen LogP contribution in [0.1, 0.15) is 34.1 Å². The van der Waals surface area contributed by atoms with Gasteiger partial charge in [0.1, 0.15) is 6.10 Å². The Morgan fingerprint density at radius 2 is 1.90 bits per heavy atom. The van der Waals surface area contributed by atoms with Gasteiger partial charge in [0.2, 0.25) is 0 Å². The summed E-state index contributed by atoms with van der Waals surface area (Å²) >= 11 is 0. The number of ether oxygens (including phenoxy) is 2. The van der Waals surface area contributed by atoms with E-state index in [9.17, 15) is 0 Å². The molecule has 2 heterocycles. The molecule has 0 bridgehead atoms. The van der Waals surface area contributed by atoms with Crippen LogP contribution < -0.4 is 0 Å². The van der Waals surface area contributed by atoms with E-state index in [-0.39, 0.29) is 11.5 Å². The molecule has 0 aromatic carbocycles. The van der Waals surface area contributed by atoms with E-state index in [1.54, 1.807) is 0 Å². The standard InChI is InChI=1S/C14H28O5Si/c1-12(2)19-20(17-10-14(3,4)11-18-20)7-5-6-15-8-13-9-16-13/h12-13H,5-11H2,1-4H3. The van der Waals surface area contributed by atoms with Crippen LogP contribution in [0.15, 0.2) is 0 Å². The van der Waals surface area contributed by atoms with Gasteiger partial charge in [0, 0.05) is 37.4 Å². The maximum Gasteiger partial charge on any atom is 0.501 e. The van der Waals surface area contributed by atoms with Crippen LogP contribution in [-0.2, 0) is 22.8 Å². The molecule has 0 N–H and O–H groups in total. The van der Waals surface area contributed by atoms with Crippen molar-refractivity contribution in [3.05, 3.63) is 0 Å². The van der Waals surface area contributed by atoms with Gasteiger partial charge >= 0.3 is 8.80 Å². The predicted molar refractivity (Wildman–Crippen MR) is 77.6 cm³/mol. The fourth-order valence-corrected chi connectivity index (χ4v) is 5.24. The lowest BCUT2D eigenvalue weighted by Gasteiger charge is -2.41. The molecule has 2 aliphatic heterocycles. The molecule has 118 valence electrons. The zero-order valence-electron chi connectivity index (χ0n) is 13.1. The van der Waals surface area contributed by atoms with E-state index in [1.807, 2.05) is 13.8 Å². The van der Waals surface area contributed by atoms with Gasteiger partial charge in [-0.15, -0.1) is 0 Å². The number of hydrogen-bond donors (Lipinski definition) is 0. The van der Waals surface area contributed by atoms with Crippen molar-refractivity contribution in [3.63, 3.8) is 0 Å². The van der Waals surface area contributed by atoms with Crippen molar-refractivity contribution >= 4 is 8.80 Å². The van der Waals surface area contributed by atoms with Crippen LogP contribution in [0.25, 0.3) is 0 Å². The molecule has 0 aromatic rings. The summed E-state index contributed by atoms with van der Waals surface area (Å²) in [5, 5.41) is 0. The van der Waals surface area contributed by atoms with Gasteiger partial charge in [0.05, 0.1) is 13.2 Å². The van der Waals surface area contributed by atoms with E-state index in [1.165, 1.54) is 0 Å². The molecular weight excluding hydrogens is 276 g/mol. The smallest absolute Gasteiger partial charge is 0.379 e. The summed E-state index contributed by atoms with van der Waals surface area (Å²) in [6.07, 6.45) is 1.37. The van der Waals surface area contributed by atoms with Crippen molar-refractivity contribution in [1.29, 1.82) is 0 Å². The molecule has 0 amide bonds. The highest BCUT2D eigenvalue weighted by Gasteiger charge is 2.47. The van der Waals surface area contributed by atoms with Gasteiger partial charge in [-0.1, -0.05) is 13.8 Å². The van der Waals surface area contributed by atoms with E-state index >= 15 is 0 Å². The van der Waals surface area contributed by atoms with Crippen molar-refractivity contribution in [2.24, 2.45) is 5.41 Å². The summed E-state index contributed by atoms with van der Waals surface area (Å²) in [5.41, 5.74) is 0.0800. The molecule has 2 aliphatic rings. The van der Waals surface area contributed by atoms with Gasteiger partial charge in [0.15, 0.2) is 0 Å². The monoisotopic (exact) mass is 304 g/mol. The maximum atomic E-state index is 6.05. The first-order chi connectivity index (χ1) is 9.41. The van der Waals surface area contributed by atoms with Crippen LogP contribution in [0.4, 0.5) is 0 Å². The molecule has 1 unspecified atom stereocenters. The number of hydrogen-bond acceptors (Lipinski definition) is 5. The summed E-state index contributed by atoms with van der Waals surface area (Å²) in [7, 11) is -2.51. The molecular formula is C14H28O5Si. The Bertz CT molecular complexity index is 294. The van der Waals surface area contributed by atoms with Gasteiger partial charge in [-0.2, -0.15) is 0 Å². The minimum atomic E-state index is -2.51. The van der Waals surface area contributed by atoms with Crippen molar-refractivity contribution < 1.29 is 22.8 Å². The summed E-state index contributed by atoms with van der Waals surface area (Å²) in [6, 6.07) is 0.826. The molecule has 20 heavy (non-hydrogen) atoms. The van der Waals surface area contributed by atoms with Crippen LogP contribution in [-0.4, -0.2) is 54.0 Å². The number of rotatable bonds is 8. The van der Waals surface area contributed by atoms with Gasteiger partial charge in [-0.25, -0.2) is 0 Å². The first-order valence-electron chi connectivity index (χ1n) is 7.56. The molecule has 0 aliphatic carbocycles. The third-order valence-corrected chi connectivity index (χ3v) is 6.22. The van der Waals surface area contributed by atoms with E-state index in [0.29, 0.717) is 32.5 Å². The zero-order valence-corrected chi connectivity index (χ0v) is 14.1. The van der Waals surface area contributed by atoms with Crippen molar-refractivity contribution in [3.8, 4) is 0 Å². The molecule has 1 atom stereocenters. The molecule has 0 spiro atoms.